The van der Waals surface area contributed by atoms with E-state index in [1.54, 1.807) is 18.3 Å². The second kappa shape index (κ2) is 5.48. The number of aryl methyl sites for hydroxylation is 1. The molecule has 7 heteroatoms. The Hall–Kier alpha value is -1.73. The average molecular weight is 319 g/mol. The number of carbonyl (C=O) groups is 1. The predicted octanol–water partition coefficient (Wildman–Crippen LogP) is 2.92. The highest BCUT2D eigenvalue weighted by molar-refractivity contribution is 7.17. The zero-order valence-corrected chi connectivity index (χ0v) is 13.2. The molecule has 1 aliphatic heterocycles. The monoisotopic (exact) mass is 319 g/mol. The van der Waals surface area contributed by atoms with Crippen LogP contribution in [0.3, 0.4) is 0 Å². The number of nitrogens with one attached hydrogen (secondary N) is 1. The lowest BCUT2D eigenvalue weighted by Crippen LogP contribution is -2.12. The van der Waals surface area contributed by atoms with Gasteiger partial charge in [0.25, 0.3) is 5.89 Å². The van der Waals surface area contributed by atoms with Crippen molar-refractivity contribution < 1.29 is 14.1 Å². The summed E-state index contributed by atoms with van der Waals surface area (Å²) in [5.74, 6) is 1.71. The first-order valence-electron chi connectivity index (χ1n) is 7.53. The van der Waals surface area contributed by atoms with E-state index in [0.717, 1.165) is 34.7 Å². The molecule has 0 saturated heterocycles. The number of rotatable bonds is 4. The first kappa shape index (κ1) is 13.9. The molecule has 1 N–H and O–H groups in total. The quantitative estimate of drug-likeness (QED) is 0.937. The average Bonchev–Trinajstić information content (AvgIpc) is 3.07. The van der Waals surface area contributed by atoms with Crippen LogP contribution in [0.25, 0.3) is 11.5 Å². The SMILES string of the molecule is Cc1noc(-c2c(NC(=O)CC3CC3)sc3c2CCOC3)n1. The third kappa shape index (κ3) is 2.66. The number of thiophene rings is 1. The molecule has 2 aromatic heterocycles. The third-order valence-corrected chi connectivity index (χ3v) is 5.11. The van der Waals surface area contributed by atoms with Crippen LogP contribution in [0.1, 0.15) is 35.5 Å². The molecular formula is C15H17N3O3S. The lowest BCUT2D eigenvalue weighted by atomic mass is 10.1. The van der Waals surface area contributed by atoms with E-state index >= 15 is 0 Å². The topological polar surface area (TPSA) is 77.2 Å². The molecule has 1 amide bonds. The number of carbonyl (C=O) groups excluding carboxylic acids is 1. The maximum atomic E-state index is 12.2. The molecule has 4 rings (SSSR count). The molecule has 0 bridgehead atoms. The van der Waals surface area contributed by atoms with E-state index in [1.807, 2.05) is 0 Å². The number of amides is 1. The molecule has 0 unspecified atom stereocenters. The van der Waals surface area contributed by atoms with Crippen molar-refractivity contribution in [1.29, 1.82) is 0 Å². The van der Waals surface area contributed by atoms with Gasteiger partial charge in [-0.05, 0) is 37.7 Å². The van der Waals surface area contributed by atoms with Gasteiger partial charge < -0.3 is 14.6 Å². The zero-order chi connectivity index (χ0) is 15.1. The van der Waals surface area contributed by atoms with E-state index in [9.17, 15) is 4.79 Å². The Bertz CT molecular complexity index is 718. The number of aromatic nitrogens is 2. The van der Waals surface area contributed by atoms with Gasteiger partial charge in [0, 0.05) is 11.3 Å². The van der Waals surface area contributed by atoms with Crippen molar-refractivity contribution in [3.8, 4) is 11.5 Å². The lowest BCUT2D eigenvalue weighted by molar-refractivity contribution is -0.116. The fourth-order valence-corrected chi connectivity index (χ4v) is 3.90. The van der Waals surface area contributed by atoms with Crippen LogP contribution < -0.4 is 5.32 Å². The third-order valence-electron chi connectivity index (χ3n) is 3.99. The van der Waals surface area contributed by atoms with Gasteiger partial charge >= 0.3 is 0 Å². The molecule has 0 atom stereocenters. The standard InChI is InChI=1S/C15H17N3O3S/c1-8-16-14(21-18-8)13-10-4-5-20-7-11(10)22-15(13)17-12(19)6-9-2-3-9/h9H,2-7H2,1H3,(H,17,19). The highest BCUT2D eigenvalue weighted by atomic mass is 32.1. The van der Waals surface area contributed by atoms with Gasteiger partial charge in [-0.25, -0.2) is 0 Å². The van der Waals surface area contributed by atoms with Crippen LogP contribution in [-0.2, 0) is 22.6 Å². The molecule has 0 spiro atoms. The first-order valence-corrected chi connectivity index (χ1v) is 8.35. The largest absolute Gasteiger partial charge is 0.376 e. The molecule has 6 nitrogen and oxygen atoms in total. The van der Waals surface area contributed by atoms with Crippen molar-refractivity contribution in [2.45, 2.75) is 39.2 Å². The molecule has 1 aliphatic carbocycles. The van der Waals surface area contributed by atoms with Gasteiger partial charge in [0.05, 0.1) is 18.8 Å². The first-order chi connectivity index (χ1) is 10.7. The zero-order valence-electron chi connectivity index (χ0n) is 12.3. The van der Waals surface area contributed by atoms with Crippen molar-refractivity contribution >= 4 is 22.2 Å². The smallest absolute Gasteiger partial charge is 0.261 e. The van der Waals surface area contributed by atoms with Crippen molar-refractivity contribution in [1.82, 2.24) is 10.1 Å². The summed E-state index contributed by atoms with van der Waals surface area (Å²) in [5, 5.41) is 7.73. The fraction of sp³-hybridized carbons (Fsp3) is 0.533. The van der Waals surface area contributed by atoms with Gasteiger partial charge in [-0.1, -0.05) is 5.16 Å². The van der Waals surface area contributed by atoms with E-state index in [0.29, 0.717) is 37.3 Å². The molecular weight excluding hydrogens is 302 g/mol. The Balaban J connectivity index is 1.69. The van der Waals surface area contributed by atoms with E-state index in [-0.39, 0.29) is 5.91 Å². The van der Waals surface area contributed by atoms with E-state index in [1.165, 1.54) is 5.56 Å². The Morgan fingerprint density at radius 2 is 2.32 bits per heavy atom. The molecule has 2 aromatic rings. The molecule has 3 heterocycles. The van der Waals surface area contributed by atoms with Gasteiger partial charge in [0.1, 0.15) is 5.00 Å². The summed E-state index contributed by atoms with van der Waals surface area (Å²) in [6.45, 7) is 3.05. The van der Waals surface area contributed by atoms with Crippen LogP contribution >= 0.6 is 11.3 Å². The van der Waals surface area contributed by atoms with Gasteiger partial charge in [0.2, 0.25) is 5.91 Å². The number of fused-ring (bicyclic) bond motifs is 1. The molecule has 0 aromatic carbocycles. The molecule has 1 saturated carbocycles. The van der Waals surface area contributed by atoms with Crippen molar-refractivity contribution in [2.24, 2.45) is 5.92 Å². The molecule has 2 aliphatic rings. The Morgan fingerprint density at radius 1 is 1.45 bits per heavy atom. The van der Waals surface area contributed by atoms with Gasteiger partial charge in [-0.3, -0.25) is 4.79 Å². The highest BCUT2D eigenvalue weighted by Crippen LogP contribution is 2.43. The summed E-state index contributed by atoms with van der Waals surface area (Å²) in [5.41, 5.74) is 2.05. The number of nitrogens with zero attached hydrogens (tertiary/aromatic N) is 2. The molecule has 22 heavy (non-hydrogen) atoms. The number of anilines is 1. The van der Waals surface area contributed by atoms with Crippen LogP contribution in [0.2, 0.25) is 0 Å². The van der Waals surface area contributed by atoms with E-state index in [2.05, 4.69) is 15.5 Å². The van der Waals surface area contributed by atoms with Crippen molar-refractivity contribution in [3.63, 3.8) is 0 Å². The summed E-state index contributed by atoms with van der Waals surface area (Å²) in [4.78, 5) is 17.6. The van der Waals surface area contributed by atoms with Crippen LogP contribution in [0, 0.1) is 12.8 Å². The summed E-state index contributed by atoms with van der Waals surface area (Å²) in [7, 11) is 0. The summed E-state index contributed by atoms with van der Waals surface area (Å²) in [6.07, 6.45) is 3.73. The number of hydrogen-bond acceptors (Lipinski definition) is 6. The van der Waals surface area contributed by atoms with Crippen LogP contribution in [0.5, 0.6) is 0 Å². The minimum Gasteiger partial charge on any atom is -0.376 e. The Labute approximate surface area is 131 Å². The minimum absolute atomic E-state index is 0.0690. The van der Waals surface area contributed by atoms with Crippen LogP contribution in [-0.4, -0.2) is 22.7 Å². The minimum atomic E-state index is 0.0690. The predicted molar refractivity (Wildman–Crippen MR) is 81.7 cm³/mol. The molecule has 1 fully saturated rings. The number of hydrogen-bond donors (Lipinski definition) is 1. The Kier molecular flexibility index (Phi) is 3.46. The van der Waals surface area contributed by atoms with Gasteiger partial charge in [0.15, 0.2) is 5.82 Å². The number of ether oxygens (including phenoxy) is 1. The molecule has 0 radical (unpaired) electrons. The Morgan fingerprint density at radius 3 is 3.05 bits per heavy atom. The summed E-state index contributed by atoms with van der Waals surface area (Å²) < 4.78 is 10.9. The van der Waals surface area contributed by atoms with Crippen LogP contribution in [0.15, 0.2) is 4.52 Å². The summed E-state index contributed by atoms with van der Waals surface area (Å²) >= 11 is 1.56. The van der Waals surface area contributed by atoms with E-state index in [4.69, 9.17) is 9.26 Å². The van der Waals surface area contributed by atoms with E-state index < -0.39 is 0 Å². The highest BCUT2D eigenvalue weighted by Gasteiger charge is 2.29. The maximum Gasteiger partial charge on any atom is 0.261 e. The van der Waals surface area contributed by atoms with Crippen molar-refractivity contribution in [2.75, 3.05) is 11.9 Å². The normalized spacial score (nSPS) is 17.3. The fourth-order valence-electron chi connectivity index (χ4n) is 2.71. The maximum absolute atomic E-state index is 12.2. The lowest BCUT2D eigenvalue weighted by Gasteiger charge is -2.12. The van der Waals surface area contributed by atoms with Gasteiger partial charge in [-0.2, -0.15) is 4.98 Å². The second-order valence-electron chi connectivity index (χ2n) is 5.85. The van der Waals surface area contributed by atoms with Crippen LogP contribution in [0.4, 0.5) is 5.00 Å². The summed E-state index contributed by atoms with van der Waals surface area (Å²) in [6, 6.07) is 0. The molecule has 116 valence electrons. The van der Waals surface area contributed by atoms with Crippen molar-refractivity contribution in [3.05, 3.63) is 16.3 Å². The second-order valence-corrected chi connectivity index (χ2v) is 6.96. The van der Waals surface area contributed by atoms with Gasteiger partial charge in [-0.15, -0.1) is 11.3 Å².